The first-order chi connectivity index (χ1) is 21.8. The maximum atomic E-state index is 6.38. The predicted molar refractivity (Wildman–Crippen MR) is 175 cm³/mol. The number of benzene rings is 1. The van der Waals surface area contributed by atoms with Crippen molar-refractivity contribution in [3.8, 4) is 11.5 Å². The molecular formula is C34H50N8O2. The summed E-state index contributed by atoms with van der Waals surface area (Å²) in [5.74, 6) is 1.69. The van der Waals surface area contributed by atoms with Gasteiger partial charge in [-0.2, -0.15) is 0 Å². The topological polar surface area (TPSA) is 116 Å². The van der Waals surface area contributed by atoms with E-state index in [1.807, 2.05) is 0 Å². The molecule has 0 aliphatic carbocycles. The molecule has 6 N–H and O–H groups in total. The van der Waals surface area contributed by atoms with Crippen molar-refractivity contribution in [1.82, 2.24) is 41.9 Å². The Bertz CT molecular complexity index is 1120. The van der Waals surface area contributed by atoms with Crippen LogP contribution in [-0.4, -0.2) is 62.3 Å². The van der Waals surface area contributed by atoms with Crippen LogP contribution in [0.1, 0.15) is 59.6 Å². The number of nitrogens with one attached hydrogen (secondary N) is 6. The van der Waals surface area contributed by atoms with Crippen molar-refractivity contribution in [1.29, 1.82) is 0 Å². The zero-order chi connectivity index (χ0) is 30.1. The summed E-state index contributed by atoms with van der Waals surface area (Å²) >= 11 is 0. The van der Waals surface area contributed by atoms with Crippen LogP contribution in [0, 0.1) is 0 Å². The first-order valence-electron chi connectivity index (χ1n) is 16.4. The van der Waals surface area contributed by atoms with Gasteiger partial charge in [0.15, 0.2) is 0 Å². The van der Waals surface area contributed by atoms with Gasteiger partial charge in [0.2, 0.25) is 0 Å². The SMILES string of the molecule is c1ccc(COc2cc3nc(c2)CNCCCNCCCNC3)c(COc2cc3nc(c2)CNCCCNCCCNC3)c1. The molecule has 0 saturated heterocycles. The van der Waals surface area contributed by atoms with Gasteiger partial charge < -0.3 is 41.4 Å². The Hall–Kier alpha value is -3.12. The van der Waals surface area contributed by atoms with Gasteiger partial charge in [-0.1, -0.05) is 24.3 Å². The second-order valence-electron chi connectivity index (χ2n) is 11.5. The van der Waals surface area contributed by atoms with Crippen LogP contribution in [-0.2, 0) is 39.4 Å². The normalized spacial score (nSPS) is 18.0. The van der Waals surface area contributed by atoms with E-state index >= 15 is 0 Å². The Labute approximate surface area is 262 Å². The highest BCUT2D eigenvalue weighted by molar-refractivity contribution is 5.32. The molecule has 0 amide bonds. The molecule has 4 heterocycles. The molecular weight excluding hydrogens is 552 g/mol. The van der Waals surface area contributed by atoms with Crippen molar-refractivity contribution in [2.24, 2.45) is 0 Å². The second-order valence-corrected chi connectivity index (χ2v) is 11.5. The number of hydrogen-bond donors (Lipinski definition) is 6. The summed E-state index contributed by atoms with van der Waals surface area (Å²) in [6, 6.07) is 16.6. The van der Waals surface area contributed by atoms with Crippen molar-refractivity contribution >= 4 is 0 Å². The molecule has 0 fully saturated rings. The molecule has 4 bridgehead atoms. The number of pyridine rings is 2. The molecule has 238 valence electrons. The smallest absolute Gasteiger partial charge is 0.123 e. The minimum absolute atomic E-state index is 0.463. The number of fused-ring (bicyclic) bond motifs is 4. The molecule has 10 heteroatoms. The molecule has 5 rings (SSSR count). The lowest BCUT2D eigenvalue weighted by Crippen LogP contribution is -2.26. The Morgan fingerprint density at radius 2 is 0.773 bits per heavy atom. The van der Waals surface area contributed by atoms with E-state index in [1.54, 1.807) is 0 Å². The third kappa shape index (κ3) is 11.4. The van der Waals surface area contributed by atoms with Gasteiger partial charge in [-0.25, -0.2) is 0 Å². The Morgan fingerprint density at radius 1 is 0.455 bits per heavy atom. The number of rotatable bonds is 6. The number of hydrogen-bond acceptors (Lipinski definition) is 10. The zero-order valence-corrected chi connectivity index (χ0v) is 26.1. The molecule has 2 aliphatic heterocycles. The molecule has 0 atom stereocenters. The molecule has 0 spiro atoms. The first kappa shape index (κ1) is 32.3. The van der Waals surface area contributed by atoms with E-state index in [-0.39, 0.29) is 0 Å². The third-order valence-corrected chi connectivity index (χ3v) is 7.77. The van der Waals surface area contributed by atoms with Crippen LogP contribution in [0.15, 0.2) is 48.5 Å². The van der Waals surface area contributed by atoms with Crippen LogP contribution in [0.4, 0.5) is 0 Å². The Kier molecular flexibility index (Phi) is 13.7. The molecule has 3 aromatic rings. The van der Waals surface area contributed by atoms with E-state index in [1.165, 1.54) is 0 Å². The monoisotopic (exact) mass is 602 g/mol. The van der Waals surface area contributed by atoms with Crippen molar-refractivity contribution in [3.63, 3.8) is 0 Å². The summed E-state index contributed by atoms with van der Waals surface area (Å²) in [6.45, 7) is 11.8. The van der Waals surface area contributed by atoms with Crippen LogP contribution in [0.3, 0.4) is 0 Å². The van der Waals surface area contributed by atoms with E-state index in [0.29, 0.717) is 13.2 Å². The van der Waals surface area contributed by atoms with Gasteiger partial charge in [-0.05, 0) is 89.2 Å². The van der Waals surface area contributed by atoms with Crippen molar-refractivity contribution in [2.45, 2.75) is 65.1 Å². The van der Waals surface area contributed by atoms with Crippen LogP contribution in [0.5, 0.6) is 11.5 Å². The number of nitrogens with zero attached hydrogens (tertiary/aromatic N) is 2. The quantitative estimate of drug-likeness (QED) is 0.252. The summed E-state index contributed by atoms with van der Waals surface area (Å²) in [5, 5.41) is 21.1. The fourth-order valence-electron chi connectivity index (χ4n) is 5.40. The molecule has 44 heavy (non-hydrogen) atoms. The Morgan fingerprint density at radius 3 is 1.11 bits per heavy atom. The van der Waals surface area contributed by atoms with Crippen LogP contribution in [0.25, 0.3) is 0 Å². The maximum Gasteiger partial charge on any atom is 0.123 e. The summed E-state index contributed by atoms with van der Waals surface area (Å²) in [7, 11) is 0. The van der Waals surface area contributed by atoms with Crippen molar-refractivity contribution in [3.05, 3.63) is 82.4 Å². The highest BCUT2D eigenvalue weighted by Gasteiger charge is 2.10. The molecule has 2 aliphatic rings. The fourth-order valence-corrected chi connectivity index (χ4v) is 5.40. The van der Waals surface area contributed by atoms with E-state index < -0.39 is 0 Å². The van der Waals surface area contributed by atoms with Crippen LogP contribution in [0.2, 0.25) is 0 Å². The standard InChI is InChI=1S/C34H50N8O2/c1-2-8-28(26-44-34-19-31-23-39-15-5-11-36-12-6-16-40-24-32(20-34)42-31)27(7-1)25-43-33-17-29-21-37-13-3-9-35-10-4-14-38-22-30(18-33)41-29/h1-2,7-8,17-20,35-40H,3-6,9-16,21-26H2. The van der Waals surface area contributed by atoms with Gasteiger partial charge in [0.05, 0.1) is 22.8 Å². The van der Waals surface area contributed by atoms with Gasteiger partial charge in [0.1, 0.15) is 24.7 Å². The average Bonchev–Trinajstić information content (AvgIpc) is 3.04. The van der Waals surface area contributed by atoms with Crippen LogP contribution >= 0.6 is 0 Å². The maximum absolute atomic E-state index is 6.38. The van der Waals surface area contributed by atoms with Gasteiger partial charge in [0.25, 0.3) is 0 Å². The predicted octanol–water partition coefficient (Wildman–Crippen LogP) is 2.76. The van der Waals surface area contributed by atoms with Crippen molar-refractivity contribution < 1.29 is 9.47 Å². The van der Waals surface area contributed by atoms with E-state index in [2.05, 4.69) is 80.4 Å². The van der Waals surface area contributed by atoms with Crippen LogP contribution < -0.4 is 41.4 Å². The zero-order valence-electron chi connectivity index (χ0n) is 26.1. The highest BCUT2D eigenvalue weighted by atomic mass is 16.5. The summed E-state index contributed by atoms with van der Waals surface area (Å²) in [4.78, 5) is 9.73. The van der Waals surface area contributed by atoms with Gasteiger partial charge in [-0.15, -0.1) is 0 Å². The van der Waals surface area contributed by atoms with E-state index in [4.69, 9.17) is 19.4 Å². The molecule has 0 saturated carbocycles. The lowest BCUT2D eigenvalue weighted by atomic mass is 10.1. The van der Waals surface area contributed by atoms with E-state index in [9.17, 15) is 0 Å². The van der Waals surface area contributed by atoms with Gasteiger partial charge in [-0.3, -0.25) is 9.97 Å². The summed E-state index contributed by atoms with van der Waals surface area (Å²) in [5.41, 5.74) is 6.23. The highest BCUT2D eigenvalue weighted by Crippen LogP contribution is 2.21. The van der Waals surface area contributed by atoms with Crippen molar-refractivity contribution in [2.75, 3.05) is 52.4 Å². The molecule has 0 unspecified atom stereocenters. The first-order valence-corrected chi connectivity index (χ1v) is 16.4. The fraction of sp³-hybridized carbons (Fsp3) is 0.529. The van der Waals surface area contributed by atoms with Gasteiger partial charge in [0, 0.05) is 50.4 Å². The largest absolute Gasteiger partial charge is 0.489 e. The Balaban J connectivity index is 1.22. The van der Waals surface area contributed by atoms with E-state index in [0.717, 1.165) is 150 Å². The summed E-state index contributed by atoms with van der Waals surface area (Å²) in [6.07, 6.45) is 4.40. The second kappa shape index (κ2) is 18.6. The average molecular weight is 603 g/mol. The third-order valence-electron chi connectivity index (χ3n) is 7.77. The minimum Gasteiger partial charge on any atom is -0.489 e. The minimum atomic E-state index is 0.463. The molecule has 0 radical (unpaired) electrons. The number of aromatic nitrogens is 2. The van der Waals surface area contributed by atoms with Gasteiger partial charge >= 0.3 is 0 Å². The molecule has 2 aromatic heterocycles. The molecule has 10 nitrogen and oxygen atoms in total. The lowest BCUT2D eigenvalue weighted by Gasteiger charge is -2.16. The molecule has 1 aromatic carbocycles. The summed E-state index contributed by atoms with van der Waals surface area (Å²) < 4.78 is 12.8. The number of ether oxygens (including phenoxy) is 2. The lowest BCUT2D eigenvalue weighted by molar-refractivity contribution is 0.284.